The Morgan fingerprint density at radius 3 is 2.32 bits per heavy atom. The van der Waals surface area contributed by atoms with Crippen molar-refractivity contribution in [2.75, 3.05) is 7.11 Å². The van der Waals surface area contributed by atoms with Crippen molar-refractivity contribution in [2.45, 2.75) is 96.9 Å². The van der Waals surface area contributed by atoms with Crippen LogP contribution < -0.4 is 4.74 Å². The summed E-state index contributed by atoms with van der Waals surface area (Å²) in [6.07, 6.45) is 9.42. The molecule has 3 fully saturated rings. The maximum Gasteiger partial charge on any atom is 0.308 e. The number of hydrogen-bond donors (Lipinski definition) is 0. The number of carbonyl (C=O) groups excluding carboxylic acids is 1. The van der Waals surface area contributed by atoms with E-state index in [0.29, 0.717) is 23.6 Å². The second kappa shape index (κ2) is 9.53. The third-order valence-corrected chi connectivity index (χ3v) is 8.88. The average molecular weight is 464 g/mol. The molecule has 184 valence electrons. The van der Waals surface area contributed by atoms with Crippen LogP contribution in [0.5, 0.6) is 5.75 Å². The molecule has 0 amide bonds. The third-order valence-electron chi connectivity index (χ3n) is 8.88. The van der Waals surface area contributed by atoms with Gasteiger partial charge in [-0.2, -0.15) is 0 Å². The zero-order valence-electron chi connectivity index (χ0n) is 21.4. The molecule has 4 nitrogen and oxygen atoms in total. The first-order valence-corrected chi connectivity index (χ1v) is 13.3. The lowest BCUT2D eigenvalue weighted by molar-refractivity contribution is -0.148. The lowest BCUT2D eigenvalue weighted by atomic mass is 9.72. The summed E-state index contributed by atoms with van der Waals surface area (Å²) >= 11 is 0. The number of carbonyl (C=O) groups is 1. The third kappa shape index (κ3) is 4.84. The number of nitrogens with zero attached hydrogens (tertiary/aromatic N) is 1. The van der Waals surface area contributed by atoms with Gasteiger partial charge >= 0.3 is 5.97 Å². The first kappa shape index (κ1) is 23.7. The summed E-state index contributed by atoms with van der Waals surface area (Å²) in [7, 11) is 1.51. The van der Waals surface area contributed by atoms with Gasteiger partial charge in [-0.05, 0) is 85.8 Å². The molecular formula is C30H41NO3. The Morgan fingerprint density at radius 2 is 1.68 bits per heavy atom. The van der Waals surface area contributed by atoms with Crippen molar-refractivity contribution >= 4 is 16.7 Å². The van der Waals surface area contributed by atoms with Gasteiger partial charge in [0, 0.05) is 24.0 Å². The Bertz CT molecular complexity index is 1000. The summed E-state index contributed by atoms with van der Waals surface area (Å²) in [4.78, 5) is 14.7. The maximum absolute atomic E-state index is 12.1. The fourth-order valence-electron chi connectivity index (χ4n) is 6.83. The highest BCUT2D eigenvalue weighted by Gasteiger charge is 2.43. The molecule has 2 unspecified atom stereocenters. The number of hydrogen-bond acceptors (Lipinski definition) is 4. The summed E-state index contributed by atoms with van der Waals surface area (Å²) in [6.45, 7) is 8.07. The molecule has 34 heavy (non-hydrogen) atoms. The topological polar surface area (TPSA) is 38.8 Å². The van der Waals surface area contributed by atoms with Crippen LogP contribution in [0.25, 0.3) is 10.8 Å². The van der Waals surface area contributed by atoms with Crippen LogP contribution in [0.2, 0.25) is 0 Å². The van der Waals surface area contributed by atoms with E-state index in [0.717, 1.165) is 43.9 Å². The Hall–Kier alpha value is -2.07. The summed E-state index contributed by atoms with van der Waals surface area (Å²) < 4.78 is 11.6. The molecule has 1 saturated carbocycles. The minimum Gasteiger partial charge on any atom is -0.490 e. The van der Waals surface area contributed by atoms with Crippen LogP contribution in [0.15, 0.2) is 36.4 Å². The fraction of sp³-hybridized carbons (Fsp3) is 0.633. The zero-order valence-corrected chi connectivity index (χ0v) is 21.4. The minimum absolute atomic E-state index is 0.0262. The van der Waals surface area contributed by atoms with Gasteiger partial charge in [0.05, 0.1) is 19.1 Å². The summed E-state index contributed by atoms with van der Waals surface area (Å²) in [5.41, 5.74) is 1.75. The van der Waals surface area contributed by atoms with Gasteiger partial charge in [-0.15, -0.1) is 0 Å². The predicted octanol–water partition coefficient (Wildman–Crippen LogP) is 6.74. The van der Waals surface area contributed by atoms with Crippen LogP contribution in [0.4, 0.5) is 0 Å². The number of fused-ring (bicyclic) bond motifs is 3. The molecule has 2 aliphatic heterocycles. The number of ether oxygens (including phenoxy) is 2. The lowest BCUT2D eigenvalue weighted by Gasteiger charge is -2.38. The van der Waals surface area contributed by atoms with Gasteiger partial charge in [-0.25, -0.2) is 0 Å². The maximum atomic E-state index is 12.1. The Kier molecular flexibility index (Phi) is 6.63. The molecule has 2 bridgehead atoms. The van der Waals surface area contributed by atoms with E-state index in [1.54, 1.807) is 0 Å². The first-order valence-electron chi connectivity index (χ1n) is 13.3. The molecule has 0 radical (unpaired) electrons. The summed E-state index contributed by atoms with van der Waals surface area (Å²) in [5.74, 6) is 1.88. The smallest absolute Gasteiger partial charge is 0.308 e. The molecule has 2 atom stereocenters. The van der Waals surface area contributed by atoms with Crippen molar-refractivity contribution in [2.24, 2.45) is 17.3 Å². The quantitative estimate of drug-likeness (QED) is 0.460. The largest absolute Gasteiger partial charge is 0.490 e. The SMILES string of the molecule is COC(=O)C1CC2CCC(C1)N2Cc1ccc2c(OC3CCC(C(C)(C)C)CC3)cccc2c1. The van der Waals surface area contributed by atoms with Crippen molar-refractivity contribution in [1.29, 1.82) is 0 Å². The van der Waals surface area contributed by atoms with E-state index in [4.69, 9.17) is 9.47 Å². The highest BCUT2D eigenvalue weighted by Crippen LogP contribution is 2.41. The molecule has 2 aromatic carbocycles. The molecule has 2 heterocycles. The van der Waals surface area contributed by atoms with Crippen molar-refractivity contribution < 1.29 is 14.3 Å². The van der Waals surface area contributed by atoms with Gasteiger partial charge in [0.2, 0.25) is 0 Å². The van der Waals surface area contributed by atoms with Gasteiger partial charge in [0.1, 0.15) is 5.75 Å². The highest BCUT2D eigenvalue weighted by molar-refractivity contribution is 5.88. The van der Waals surface area contributed by atoms with Gasteiger partial charge in [-0.3, -0.25) is 9.69 Å². The van der Waals surface area contributed by atoms with Crippen molar-refractivity contribution in [1.82, 2.24) is 4.90 Å². The molecule has 2 saturated heterocycles. The summed E-state index contributed by atoms with van der Waals surface area (Å²) in [6, 6.07) is 14.3. The average Bonchev–Trinajstić information content (AvgIpc) is 3.04. The standard InChI is InChI=1S/C30H41NO3/c1-30(2,3)23-9-13-26(14-10-23)34-28-7-5-6-21-16-20(8-15-27(21)28)19-31-24-11-12-25(31)18-22(17-24)29(32)33-4/h5-8,15-16,22-26H,9-14,17-19H2,1-4H3. The molecule has 2 aromatic rings. The molecule has 3 aliphatic rings. The van der Waals surface area contributed by atoms with Crippen LogP contribution in [0, 0.1) is 17.3 Å². The monoisotopic (exact) mass is 463 g/mol. The van der Waals surface area contributed by atoms with E-state index >= 15 is 0 Å². The van der Waals surface area contributed by atoms with E-state index in [-0.39, 0.29) is 11.9 Å². The Morgan fingerprint density at radius 1 is 0.971 bits per heavy atom. The van der Waals surface area contributed by atoms with Crippen LogP contribution in [-0.4, -0.2) is 36.2 Å². The molecule has 0 N–H and O–H groups in total. The normalized spacial score (nSPS) is 29.8. The first-order chi connectivity index (χ1) is 16.3. The lowest BCUT2D eigenvalue weighted by Crippen LogP contribution is -2.44. The number of piperidine rings is 1. The second-order valence-corrected chi connectivity index (χ2v) is 12.0. The van der Waals surface area contributed by atoms with Gasteiger partial charge < -0.3 is 9.47 Å². The van der Waals surface area contributed by atoms with E-state index in [1.807, 2.05) is 0 Å². The zero-order chi connectivity index (χ0) is 23.9. The van der Waals surface area contributed by atoms with E-state index < -0.39 is 0 Å². The molecule has 4 heteroatoms. The second-order valence-electron chi connectivity index (χ2n) is 12.0. The predicted molar refractivity (Wildman–Crippen MR) is 137 cm³/mol. The van der Waals surface area contributed by atoms with Crippen molar-refractivity contribution in [3.05, 3.63) is 42.0 Å². The molecule has 5 rings (SSSR count). The van der Waals surface area contributed by atoms with Gasteiger partial charge in [-0.1, -0.05) is 45.0 Å². The van der Waals surface area contributed by atoms with E-state index in [1.165, 1.54) is 49.1 Å². The Balaban J connectivity index is 1.25. The van der Waals surface area contributed by atoms with Crippen molar-refractivity contribution in [3.63, 3.8) is 0 Å². The van der Waals surface area contributed by atoms with Crippen LogP contribution in [0.3, 0.4) is 0 Å². The molecule has 0 spiro atoms. The fourth-order valence-corrected chi connectivity index (χ4v) is 6.83. The Labute approximate surface area is 205 Å². The number of benzene rings is 2. The number of methoxy groups -OCH3 is 1. The highest BCUT2D eigenvalue weighted by atomic mass is 16.5. The van der Waals surface area contributed by atoms with Crippen LogP contribution in [-0.2, 0) is 16.1 Å². The summed E-state index contributed by atoms with van der Waals surface area (Å²) in [5, 5.41) is 2.48. The molecule has 0 aromatic heterocycles. The van der Waals surface area contributed by atoms with Crippen LogP contribution >= 0.6 is 0 Å². The number of esters is 1. The molecular weight excluding hydrogens is 422 g/mol. The van der Waals surface area contributed by atoms with Crippen LogP contribution in [0.1, 0.15) is 77.7 Å². The van der Waals surface area contributed by atoms with Gasteiger partial charge in [0.25, 0.3) is 0 Å². The van der Waals surface area contributed by atoms with E-state index in [2.05, 4.69) is 62.1 Å². The minimum atomic E-state index is -0.0262. The van der Waals surface area contributed by atoms with E-state index in [9.17, 15) is 4.79 Å². The van der Waals surface area contributed by atoms with Gasteiger partial charge in [0.15, 0.2) is 0 Å². The number of rotatable bonds is 5. The molecule has 1 aliphatic carbocycles. The van der Waals surface area contributed by atoms with Crippen molar-refractivity contribution in [3.8, 4) is 5.75 Å².